The number of rotatable bonds is 16. The lowest BCUT2D eigenvalue weighted by Crippen LogP contribution is -2.54. The average molecular weight is 814 g/mol. The number of benzene rings is 4. The van der Waals surface area contributed by atoms with Gasteiger partial charge in [-0.2, -0.15) is 0 Å². The van der Waals surface area contributed by atoms with Gasteiger partial charge in [-0.1, -0.05) is 96.5 Å². The zero-order valence-corrected chi connectivity index (χ0v) is 33.5. The van der Waals surface area contributed by atoms with Crippen molar-refractivity contribution in [2.75, 3.05) is 19.8 Å². The lowest BCUT2D eigenvalue weighted by molar-refractivity contribution is -0.329. The van der Waals surface area contributed by atoms with E-state index in [2.05, 4.69) is 16.0 Å². The van der Waals surface area contributed by atoms with E-state index in [0.717, 1.165) is 33.9 Å². The fraction of sp³-hybridized carbons (Fsp3) is 0.422. The molecule has 5 atom stereocenters. The molecule has 2 saturated heterocycles. The number of nitrogens with one attached hydrogen (secondary N) is 3. The first-order valence-electron chi connectivity index (χ1n) is 20.1. The molecule has 6 rings (SSSR count). The normalized spacial score (nSPS) is 20.8. The Morgan fingerprint density at radius 2 is 1.60 bits per heavy atom. The molecule has 13 heteroatoms. The number of hydrogen-bond acceptors (Lipinski definition) is 9. The van der Waals surface area contributed by atoms with E-state index in [1.165, 1.54) is 0 Å². The third-order valence-electron chi connectivity index (χ3n) is 10.4. The van der Waals surface area contributed by atoms with Gasteiger partial charge in [-0.25, -0.2) is 14.4 Å². The molecule has 0 aromatic heterocycles. The fourth-order valence-corrected chi connectivity index (χ4v) is 7.72. The second-order valence-corrected chi connectivity index (χ2v) is 15.2. The summed E-state index contributed by atoms with van der Waals surface area (Å²) in [5.74, 6) is -1.96. The molecule has 0 aliphatic carbocycles. The van der Waals surface area contributed by atoms with Crippen molar-refractivity contribution in [3.63, 3.8) is 0 Å². The lowest BCUT2D eigenvalue weighted by atomic mass is 9.90. The summed E-state index contributed by atoms with van der Waals surface area (Å²) in [4.78, 5) is 52.1. The third kappa shape index (κ3) is 12.7. The number of carbonyl (C=O) groups excluding carboxylic acids is 4. The topological polar surface area (TPSA) is 151 Å². The molecular weight excluding hydrogens is 762 g/mol. The molecule has 308 valence electrons. The van der Waals surface area contributed by atoms with Crippen molar-refractivity contribution in [3.8, 4) is 0 Å². The van der Waals surface area contributed by atoms with Gasteiger partial charge >= 0.3 is 18.2 Å². The Bertz CT molecular complexity index is 1980. The molecule has 2 heterocycles. The van der Waals surface area contributed by atoms with Gasteiger partial charge in [0, 0.05) is 50.2 Å². The van der Waals surface area contributed by atoms with Gasteiger partial charge in [0.1, 0.15) is 18.8 Å². The minimum Gasteiger partial charge on any atom is -0.464 e. The van der Waals surface area contributed by atoms with Crippen LogP contribution in [-0.4, -0.2) is 74.0 Å². The van der Waals surface area contributed by atoms with E-state index in [1.807, 2.05) is 84.9 Å². The molecular formula is C45H52ClN3O9. The maximum atomic E-state index is 13.3. The summed E-state index contributed by atoms with van der Waals surface area (Å²) in [5.41, 5.74) is 2.89. The minimum absolute atomic E-state index is 0.0126. The summed E-state index contributed by atoms with van der Waals surface area (Å²) >= 11 is 5.97. The first kappa shape index (κ1) is 42.4. The maximum absolute atomic E-state index is 13.3. The summed E-state index contributed by atoms with van der Waals surface area (Å²) in [6, 6.07) is 29.9. The Hall–Kier alpha value is -5.17. The van der Waals surface area contributed by atoms with E-state index in [-0.39, 0.29) is 51.3 Å². The van der Waals surface area contributed by atoms with E-state index in [0.29, 0.717) is 37.3 Å². The van der Waals surface area contributed by atoms with Crippen LogP contribution in [0.1, 0.15) is 68.6 Å². The zero-order valence-electron chi connectivity index (χ0n) is 32.8. The van der Waals surface area contributed by atoms with Gasteiger partial charge in [-0.3, -0.25) is 4.79 Å². The number of esters is 1. The van der Waals surface area contributed by atoms with Crippen LogP contribution in [0.25, 0.3) is 10.8 Å². The van der Waals surface area contributed by atoms with Crippen LogP contribution < -0.4 is 16.0 Å². The van der Waals surface area contributed by atoms with Gasteiger partial charge in [-0.15, -0.1) is 0 Å². The molecule has 58 heavy (non-hydrogen) atoms. The molecule has 1 spiro atoms. The summed E-state index contributed by atoms with van der Waals surface area (Å²) in [5, 5.41) is 11.3. The first-order valence-corrected chi connectivity index (χ1v) is 20.5. The van der Waals surface area contributed by atoms with E-state index in [9.17, 15) is 19.2 Å². The van der Waals surface area contributed by atoms with E-state index in [4.69, 9.17) is 35.3 Å². The smallest absolute Gasteiger partial charge is 0.407 e. The highest BCUT2D eigenvalue weighted by atomic mass is 35.5. The van der Waals surface area contributed by atoms with Gasteiger partial charge in [0.05, 0.1) is 18.8 Å². The van der Waals surface area contributed by atoms with Gasteiger partial charge < -0.3 is 39.6 Å². The van der Waals surface area contributed by atoms with E-state index in [1.54, 1.807) is 19.1 Å². The Morgan fingerprint density at radius 1 is 0.845 bits per heavy atom. The van der Waals surface area contributed by atoms with Crippen LogP contribution in [-0.2, 0) is 52.7 Å². The van der Waals surface area contributed by atoms with Gasteiger partial charge in [0.15, 0.2) is 5.79 Å². The van der Waals surface area contributed by atoms with Gasteiger partial charge in [0.2, 0.25) is 5.91 Å². The van der Waals surface area contributed by atoms with Crippen molar-refractivity contribution in [2.45, 2.75) is 101 Å². The number of fused-ring (bicyclic) bond motifs is 1. The molecule has 2 aliphatic heterocycles. The molecule has 0 bridgehead atoms. The Kier molecular flexibility index (Phi) is 15.4. The molecule has 3 N–H and O–H groups in total. The highest BCUT2D eigenvalue weighted by Crippen LogP contribution is 2.41. The fourth-order valence-electron chi connectivity index (χ4n) is 7.60. The maximum Gasteiger partial charge on any atom is 0.407 e. The Balaban J connectivity index is 1.07. The number of amides is 3. The van der Waals surface area contributed by atoms with Gasteiger partial charge in [-0.05, 0) is 72.2 Å². The molecule has 4 aromatic rings. The highest BCUT2D eigenvalue weighted by molar-refractivity contribution is 6.30. The minimum atomic E-state index is -1.13. The SMILES string of the molecule is CCOC(=O)[C@H](Cc1ccccc1)NC(=O)CCC1CC(OC(=O)NCc2cccc3ccccc23)CC2(CCCC(COC(=O)NCCc3ccc(Cl)cc3)O2)O1. The number of hydrogen-bond donors (Lipinski definition) is 3. The van der Waals surface area contributed by atoms with E-state index >= 15 is 0 Å². The molecule has 0 radical (unpaired) electrons. The largest absolute Gasteiger partial charge is 0.464 e. The molecule has 4 aromatic carbocycles. The van der Waals surface area contributed by atoms with Crippen LogP contribution in [0.4, 0.5) is 9.59 Å². The van der Waals surface area contributed by atoms with E-state index < -0.39 is 48.3 Å². The van der Waals surface area contributed by atoms with Crippen molar-refractivity contribution in [1.82, 2.24) is 16.0 Å². The summed E-state index contributed by atoms with van der Waals surface area (Å²) < 4.78 is 30.0. The second kappa shape index (κ2) is 21.0. The lowest BCUT2D eigenvalue weighted by Gasteiger charge is -2.47. The quantitative estimate of drug-likeness (QED) is 0.0769. The molecule has 0 saturated carbocycles. The molecule has 3 amide bonds. The summed E-state index contributed by atoms with van der Waals surface area (Å²) in [6.45, 7) is 2.60. The van der Waals surface area contributed by atoms with Crippen molar-refractivity contribution in [1.29, 1.82) is 0 Å². The predicted molar refractivity (Wildman–Crippen MR) is 219 cm³/mol. The molecule has 12 nitrogen and oxygen atoms in total. The third-order valence-corrected chi connectivity index (χ3v) is 10.6. The monoisotopic (exact) mass is 813 g/mol. The van der Waals surface area contributed by atoms with Crippen LogP contribution in [0.2, 0.25) is 5.02 Å². The van der Waals surface area contributed by atoms with Crippen molar-refractivity contribution in [2.24, 2.45) is 0 Å². The number of halogens is 1. The Labute approximate surface area is 344 Å². The number of carbonyl (C=O) groups is 4. The second-order valence-electron chi connectivity index (χ2n) is 14.7. The van der Waals surface area contributed by atoms with Crippen LogP contribution in [0.3, 0.4) is 0 Å². The number of alkyl carbamates (subject to hydrolysis) is 2. The predicted octanol–water partition coefficient (Wildman–Crippen LogP) is 7.57. The number of ether oxygens (including phenoxy) is 5. The van der Waals surface area contributed by atoms with Crippen molar-refractivity contribution >= 4 is 46.4 Å². The highest BCUT2D eigenvalue weighted by Gasteiger charge is 2.47. The van der Waals surface area contributed by atoms with Crippen LogP contribution in [0, 0.1) is 0 Å². The summed E-state index contributed by atoms with van der Waals surface area (Å²) in [6.07, 6.45) is 1.05. The van der Waals surface area contributed by atoms with Crippen LogP contribution >= 0.6 is 11.6 Å². The molecule has 2 aliphatic rings. The zero-order chi connectivity index (χ0) is 40.7. The average Bonchev–Trinajstić information content (AvgIpc) is 3.22. The Morgan fingerprint density at radius 3 is 2.41 bits per heavy atom. The molecule has 2 fully saturated rings. The van der Waals surface area contributed by atoms with Crippen LogP contribution in [0.5, 0.6) is 0 Å². The standard InChI is InChI=1S/C45H52ClN3O9/c1-2-54-42(51)40(26-32-10-4-3-5-11-32)49-41(50)22-21-36-27-38(56-44(53)48-29-34-14-8-13-33-12-6-7-16-39(33)34)28-45(57-36)24-9-15-37(58-45)30-55-43(52)47-25-23-31-17-19-35(46)20-18-31/h3-8,10-14,16-20,36-38,40H,2,9,15,21-30H2,1H3,(H,47,52)(H,48,53)(H,49,50)/t36?,37?,38?,40-,45?/m0/s1. The first-order chi connectivity index (χ1) is 28.2. The van der Waals surface area contributed by atoms with Gasteiger partial charge in [0.25, 0.3) is 0 Å². The van der Waals surface area contributed by atoms with Crippen molar-refractivity contribution in [3.05, 3.63) is 119 Å². The molecule has 4 unspecified atom stereocenters. The summed E-state index contributed by atoms with van der Waals surface area (Å²) in [7, 11) is 0. The van der Waals surface area contributed by atoms with Crippen LogP contribution in [0.15, 0.2) is 97.1 Å². The van der Waals surface area contributed by atoms with Crippen molar-refractivity contribution < 1.29 is 42.9 Å².